The maximum atomic E-state index is 5.31. The van der Waals surface area contributed by atoms with Crippen LogP contribution in [0.5, 0.6) is 0 Å². The van der Waals surface area contributed by atoms with Gasteiger partial charge in [-0.3, -0.25) is 4.98 Å². The van der Waals surface area contributed by atoms with Crippen molar-refractivity contribution in [3.8, 4) is 0 Å². The molecule has 3 aromatic heterocycles. The van der Waals surface area contributed by atoms with E-state index < -0.39 is 0 Å². The first-order valence-electron chi connectivity index (χ1n) is 13.9. The molecule has 0 atom stereocenters. The predicted molar refractivity (Wildman–Crippen MR) is 155 cm³/mol. The normalized spacial score (nSPS) is 19.6. The Morgan fingerprint density at radius 3 is 2.74 bits per heavy atom. The molecule has 2 fully saturated rings. The zero-order valence-corrected chi connectivity index (χ0v) is 22.2. The molecule has 5 heterocycles. The summed E-state index contributed by atoms with van der Waals surface area (Å²) in [6.07, 6.45) is 20.6. The van der Waals surface area contributed by atoms with E-state index in [0.29, 0.717) is 5.92 Å². The lowest BCUT2D eigenvalue weighted by Gasteiger charge is -2.30. The van der Waals surface area contributed by atoms with E-state index in [4.69, 9.17) is 9.97 Å². The lowest BCUT2D eigenvalue weighted by Crippen LogP contribution is -2.44. The Hall–Kier alpha value is -3.71. The number of piperazine rings is 1. The number of aromatic nitrogens is 4. The van der Waals surface area contributed by atoms with Crippen molar-refractivity contribution in [2.24, 2.45) is 0 Å². The minimum atomic E-state index is -0.161. The molecule has 7 heteroatoms. The molecule has 38 heavy (non-hydrogen) atoms. The van der Waals surface area contributed by atoms with Crippen LogP contribution in [0.4, 0.5) is 11.6 Å². The SMILES string of the molecule is CC(C)(C1=CCC=CC=C1)c1cc2c([nH]1)NCC=C2c1nc(N2CCNCC2)c2c(C3CC3)cncc2n1. The zero-order valence-electron chi connectivity index (χ0n) is 22.2. The lowest BCUT2D eigenvalue weighted by molar-refractivity contribution is 0.585. The molecule has 4 aliphatic rings. The molecule has 2 aliphatic carbocycles. The van der Waals surface area contributed by atoms with Gasteiger partial charge in [0.1, 0.15) is 11.6 Å². The lowest BCUT2D eigenvalue weighted by atomic mass is 9.80. The van der Waals surface area contributed by atoms with Crippen LogP contribution in [-0.2, 0) is 5.41 Å². The van der Waals surface area contributed by atoms with Crippen LogP contribution >= 0.6 is 0 Å². The Morgan fingerprint density at radius 2 is 1.89 bits per heavy atom. The summed E-state index contributed by atoms with van der Waals surface area (Å²) in [5, 5.41) is 8.23. The van der Waals surface area contributed by atoms with E-state index in [1.165, 1.54) is 35.1 Å². The quantitative estimate of drug-likeness (QED) is 0.441. The van der Waals surface area contributed by atoms with Crippen molar-refractivity contribution < 1.29 is 0 Å². The van der Waals surface area contributed by atoms with Crippen molar-refractivity contribution in [1.29, 1.82) is 0 Å². The average molecular weight is 506 g/mol. The third-order valence-electron chi connectivity index (χ3n) is 8.38. The number of aromatic amines is 1. The summed E-state index contributed by atoms with van der Waals surface area (Å²) in [4.78, 5) is 21.2. The Balaban J connectivity index is 1.33. The van der Waals surface area contributed by atoms with E-state index in [1.54, 1.807) is 0 Å². The average Bonchev–Trinajstić information content (AvgIpc) is 3.75. The molecule has 0 unspecified atom stereocenters. The van der Waals surface area contributed by atoms with Crippen molar-refractivity contribution >= 4 is 28.1 Å². The molecule has 3 N–H and O–H groups in total. The molecule has 1 saturated carbocycles. The van der Waals surface area contributed by atoms with Gasteiger partial charge in [0, 0.05) is 66.6 Å². The first-order valence-corrected chi connectivity index (χ1v) is 13.9. The molecule has 7 nitrogen and oxygen atoms in total. The van der Waals surface area contributed by atoms with Crippen molar-refractivity contribution in [3.05, 3.63) is 83.1 Å². The Morgan fingerprint density at radius 1 is 1.03 bits per heavy atom. The van der Waals surface area contributed by atoms with Crippen LogP contribution in [0.15, 0.2) is 60.5 Å². The molecule has 194 valence electrons. The fourth-order valence-electron chi connectivity index (χ4n) is 5.94. The molecule has 0 radical (unpaired) electrons. The van der Waals surface area contributed by atoms with Gasteiger partial charge in [0.15, 0.2) is 5.82 Å². The molecule has 7 rings (SSSR count). The van der Waals surface area contributed by atoms with Crippen LogP contribution in [-0.4, -0.2) is 52.7 Å². The second-order valence-corrected chi connectivity index (χ2v) is 11.3. The number of nitrogens with zero attached hydrogens (tertiary/aromatic N) is 4. The number of pyridine rings is 1. The van der Waals surface area contributed by atoms with Crippen LogP contribution in [0.3, 0.4) is 0 Å². The Labute approximate surface area is 223 Å². The standard InChI is InChI=1S/C31H35N7/c1-31(2,21-7-5-3-4-6-8-21)26-17-23-22(11-12-34-28(23)36-26)29-35-25-19-33-18-24(20-9-10-20)27(25)30(37-29)38-15-13-32-14-16-38/h3-5,7-8,11,17-20,32,34,36H,6,9-10,12-16H2,1-2H3. The fourth-order valence-corrected chi connectivity index (χ4v) is 5.94. The van der Waals surface area contributed by atoms with E-state index >= 15 is 0 Å². The van der Waals surface area contributed by atoms with E-state index in [1.807, 2.05) is 12.4 Å². The molecular formula is C31H35N7. The number of rotatable bonds is 5. The van der Waals surface area contributed by atoms with Crippen LogP contribution in [0, 0.1) is 0 Å². The largest absolute Gasteiger partial charge is 0.368 e. The number of allylic oxidation sites excluding steroid dienone is 6. The second-order valence-electron chi connectivity index (χ2n) is 11.3. The van der Waals surface area contributed by atoms with Gasteiger partial charge >= 0.3 is 0 Å². The van der Waals surface area contributed by atoms with E-state index in [-0.39, 0.29) is 5.41 Å². The summed E-state index contributed by atoms with van der Waals surface area (Å²) in [7, 11) is 0. The molecule has 0 aromatic carbocycles. The summed E-state index contributed by atoms with van der Waals surface area (Å²) in [6.45, 7) is 9.15. The molecule has 2 aliphatic heterocycles. The maximum absolute atomic E-state index is 5.31. The van der Waals surface area contributed by atoms with Gasteiger partial charge in [0.05, 0.1) is 11.7 Å². The van der Waals surface area contributed by atoms with Gasteiger partial charge in [-0.15, -0.1) is 0 Å². The molecule has 1 saturated heterocycles. The third kappa shape index (κ3) is 4.06. The van der Waals surface area contributed by atoms with Crippen LogP contribution in [0.25, 0.3) is 16.5 Å². The highest BCUT2D eigenvalue weighted by atomic mass is 15.2. The van der Waals surface area contributed by atoms with Crippen molar-refractivity contribution in [2.45, 2.75) is 44.4 Å². The monoisotopic (exact) mass is 505 g/mol. The van der Waals surface area contributed by atoms with Gasteiger partial charge in [-0.25, -0.2) is 9.97 Å². The highest BCUT2D eigenvalue weighted by Crippen LogP contribution is 2.45. The van der Waals surface area contributed by atoms with Gasteiger partial charge in [0.25, 0.3) is 0 Å². The van der Waals surface area contributed by atoms with Gasteiger partial charge in [0.2, 0.25) is 0 Å². The van der Waals surface area contributed by atoms with E-state index in [2.05, 4.69) is 81.9 Å². The van der Waals surface area contributed by atoms with Crippen LogP contribution in [0.1, 0.15) is 61.7 Å². The predicted octanol–water partition coefficient (Wildman–Crippen LogP) is 5.22. The number of H-pyrrole nitrogens is 1. The number of hydrogen-bond donors (Lipinski definition) is 3. The summed E-state index contributed by atoms with van der Waals surface area (Å²) < 4.78 is 0. The van der Waals surface area contributed by atoms with E-state index in [0.717, 1.165) is 73.3 Å². The molecule has 3 aromatic rings. The first-order chi connectivity index (χ1) is 18.6. The number of hydrogen-bond acceptors (Lipinski definition) is 6. The topological polar surface area (TPSA) is 81.8 Å². The first kappa shape index (κ1) is 23.4. The third-order valence-corrected chi connectivity index (χ3v) is 8.38. The van der Waals surface area contributed by atoms with Crippen LogP contribution in [0.2, 0.25) is 0 Å². The Kier molecular flexibility index (Phi) is 5.69. The second kappa shape index (κ2) is 9.24. The van der Waals surface area contributed by atoms with Crippen molar-refractivity contribution in [3.63, 3.8) is 0 Å². The molecular weight excluding hydrogens is 470 g/mol. The molecule has 0 bridgehead atoms. The minimum Gasteiger partial charge on any atom is -0.368 e. The number of anilines is 2. The summed E-state index contributed by atoms with van der Waals surface area (Å²) in [5.74, 6) is 3.47. The summed E-state index contributed by atoms with van der Waals surface area (Å²) >= 11 is 0. The number of fused-ring (bicyclic) bond motifs is 2. The van der Waals surface area contributed by atoms with Crippen LogP contribution < -0.4 is 15.5 Å². The van der Waals surface area contributed by atoms with Gasteiger partial charge in [-0.1, -0.05) is 50.3 Å². The van der Waals surface area contributed by atoms with Gasteiger partial charge in [-0.05, 0) is 42.4 Å². The summed E-state index contributed by atoms with van der Waals surface area (Å²) in [5.41, 5.74) is 6.81. The molecule has 0 spiro atoms. The van der Waals surface area contributed by atoms with Crippen molar-refractivity contribution in [2.75, 3.05) is 42.9 Å². The van der Waals surface area contributed by atoms with Gasteiger partial charge in [-0.2, -0.15) is 0 Å². The zero-order chi connectivity index (χ0) is 25.7. The highest BCUT2D eigenvalue weighted by Gasteiger charge is 2.32. The fraction of sp³-hybridized carbons (Fsp3) is 0.387. The van der Waals surface area contributed by atoms with Crippen molar-refractivity contribution in [1.82, 2.24) is 25.3 Å². The summed E-state index contributed by atoms with van der Waals surface area (Å²) in [6, 6.07) is 2.29. The van der Waals surface area contributed by atoms with Gasteiger partial charge < -0.3 is 20.5 Å². The molecule has 0 amide bonds. The van der Waals surface area contributed by atoms with E-state index in [9.17, 15) is 0 Å². The maximum Gasteiger partial charge on any atom is 0.162 e. The smallest absolute Gasteiger partial charge is 0.162 e. The Bertz CT molecular complexity index is 1510. The minimum absolute atomic E-state index is 0.161. The number of nitrogens with one attached hydrogen (secondary N) is 3. The highest BCUT2D eigenvalue weighted by molar-refractivity contribution is 5.95.